The summed E-state index contributed by atoms with van der Waals surface area (Å²) in [6.07, 6.45) is 77.9. The van der Waals surface area contributed by atoms with Crippen LogP contribution in [0.15, 0.2) is 97.2 Å². The molecule has 0 heterocycles. The van der Waals surface area contributed by atoms with Crippen LogP contribution in [0, 0.1) is 0 Å². The third-order valence-electron chi connectivity index (χ3n) is 13.1. The molecule has 0 saturated carbocycles. The molecule has 0 rings (SSSR count). The van der Waals surface area contributed by atoms with Gasteiger partial charge in [0.25, 0.3) is 0 Å². The van der Waals surface area contributed by atoms with Crippen molar-refractivity contribution < 1.29 is 32.9 Å². The zero-order valence-corrected chi connectivity index (χ0v) is 49.0. The molecule has 9 heteroatoms. The van der Waals surface area contributed by atoms with Crippen LogP contribution in [-0.2, 0) is 18.4 Å². The molecule has 422 valence electrons. The highest BCUT2D eigenvalue weighted by Gasteiger charge is 2.27. The molecular formula is C64H116N2O6P+. The number of nitrogens with zero attached hydrogens (tertiary/aromatic N) is 1. The minimum atomic E-state index is -4.36. The highest BCUT2D eigenvalue weighted by Crippen LogP contribution is 2.43. The zero-order chi connectivity index (χ0) is 53.5. The van der Waals surface area contributed by atoms with E-state index in [1.807, 2.05) is 27.2 Å². The molecule has 0 aromatic rings. The maximum absolute atomic E-state index is 13.0. The van der Waals surface area contributed by atoms with Gasteiger partial charge in [-0.15, -0.1) is 0 Å². The average Bonchev–Trinajstić information content (AvgIpc) is 3.35. The molecule has 0 radical (unpaired) electrons. The van der Waals surface area contributed by atoms with Gasteiger partial charge < -0.3 is 19.8 Å². The molecule has 3 atom stereocenters. The summed E-state index contributed by atoms with van der Waals surface area (Å²) in [5.41, 5.74) is 0. The van der Waals surface area contributed by atoms with Crippen molar-refractivity contribution in [3.63, 3.8) is 0 Å². The molecule has 0 aliphatic heterocycles. The number of phosphoric ester groups is 1. The van der Waals surface area contributed by atoms with Gasteiger partial charge in [-0.3, -0.25) is 13.8 Å². The van der Waals surface area contributed by atoms with E-state index in [-0.39, 0.29) is 19.1 Å². The Morgan fingerprint density at radius 3 is 1.21 bits per heavy atom. The predicted molar refractivity (Wildman–Crippen MR) is 318 cm³/mol. The lowest BCUT2D eigenvalue weighted by Crippen LogP contribution is -2.45. The highest BCUT2D eigenvalue weighted by atomic mass is 31.2. The summed E-state index contributed by atoms with van der Waals surface area (Å²) in [5, 5.41) is 14.0. The number of carbonyl (C=O) groups excluding carboxylic acids is 1. The van der Waals surface area contributed by atoms with E-state index in [4.69, 9.17) is 9.05 Å². The van der Waals surface area contributed by atoms with Gasteiger partial charge in [0, 0.05) is 6.42 Å². The number of unbranched alkanes of at least 4 members (excludes halogenated alkanes) is 27. The standard InChI is InChI=1S/C64H115N2O6P/c1-6-8-10-12-14-16-18-20-22-24-26-28-29-30-31-32-33-34-35-36-37-38-40-42-44-46-48-50-52-54-56-58-64(68)65-62(61-72-73(69,70)71-60-59-66(3,4)5)63(67)57-55-53-51-49-47-45-43-41-39-27-25-23-21-19-17-15-13-11-9-7-2/h8,10,14,16,20,22,26,28,30-31,33-34,36-37,55,57,62-63,67H,6-7,9,11-13,15,17-19,21,23-25,27,29,32,35,38-54,56,58-61H2,1-5H3,(H-,65,68,69,70)/p+1/b10-8-,16-14-,22-20-,28-26-,31-30-,34-33-,37-36-,57-55+. The molecule has 0 bridgehead atoms. The largest absolute Gasteiger partial charge is 0.472 e. The topological polar surface area (TPSA) is 105 Å². The van der Waals surface area contributed by atoms with Gasteiger partial charge in [0.1, 0.15) is 13.2 Å². The number of aliphatic hydroxyl groups is 1. The van der Waals surface area contributed by atoms with Crippen LogP contribution in [0.25, 0.3) is 0 Å². The lowest BCUT2D eigenvalue weighted by molar-refractivity contribution is -0.870. The van der Waals surface area contributed by atoms with Crippen LogP contribution in [0.1, 0.15) is 251 Å². The van der Waals surface area contributed by atoms with Crippen molar-refractivity contribution in [2.45, 2.75) is 264 Å². The summed E-state index contributed by atoms with van der Waals surface area (Å²) in [5.74, 6) is -0.185. The molecule has 73 heavy (non-hydrogen) atoms. The van der Waals surface area contributed by atoms with Crippen LogP contribution in [0.5, 0.6) is 0 Å². The number of hydrogen-bond donors (Lipinski definition) is 3. The number of phosphoric acid groups is 1. The van der Waals surface area contributed by atoms with E-state index in [0.29, 0.717) is 17.4 Å². The van der Waals surface area contributed by atoms with Gasteiger partial charge in [0.2, 0.25) is 5.91 Å². The number of likely N-dealkylation sites (N-methyl/N-ethyl adjacent to an activating group) is 1. The Bertz CT molecular complexity index is 1510. The Balaban J connectivity index is 4.22. The number of quaternary nitrogens is 1. The van der Waals surface area contributed by atoms with Crippen LogP contribution in [0.2, 0.25) is 0 Å². The zero-order valence-electron chi connectivity index (χ0n) is 48.1. The Kier molecular flexibility index (Phi) is 52.3. The minimum absolute atomic E-state index is 0.0561. The normalized spacial score (nSPS) is 14.6. The van der Waals surface area contributed by atoms with Gasteiger partial charge in [-0.1, -0.05) is 265 Å². The fourth-order valence-electron chi connectivity index (χ4n) is 8.38. The number of nitrogens with one attached hydrogen (secondary N) is 1. The molecule has 0 aliphatic carbocycles. The summed E-state index contributed by atoms with van der Waals surface area (Å²) in [6, 6.07) is -0.857. The average molecular weight is 1040 g/mol. The van der Waals surface area contributed by atoms with E-state index in [1.165, 1.54) is 141 Å². The smallest absolute Gasteiger partial charge is 0.387 e. The fraction of sp³-hybridized carbons (Fsp3) is 0.734. The summed E-state index contributed by atoms with van der Waals surface area (Å²) < 4.78 is 23.7. The maximum atomic E-state index is 13.0. The highest BCUT2D eigenvalue weighted by molar-refractivity contribution is 7.47. The van der Waals surface area contributed by atoms with Crippen molar-refractivity contribution in [2.75, 3.05) is 40.9 Å². The Labute approximate surface area is 451 Å². The lowest BCUT2D eigenvalue weighted by Gasteiger charge is -2.25. The number of rotatable bonds is 54. The number of aliphatic hydroxyl groups excluding tert-OH is 1. The predicted octanol–water partition coefficient (Wildman–Crippen LogP) is 18.6. The summed E-state index contributed by atoms with van der Waals surface area (Å²) >= 11 is 0. The SMILES string of the molecule is CC/C=C\C/C=C\C/C=C\C/C=C\C/C=C\C/C=C\C/C=C\CCCCCCCCCCCC(=O)NC(COP(=O)(O)OCC[N+](C)(C)C)C(O)/C=C/CCCCCCCCCCCCCCCCCCCC. The minimum Gasteiger partial charge on any atom is -0.387 e. The molecular weight excluding hydrogens is 924 g/mol. The first-order valence-electron chi connectivity index (χ1n) is 30.1. The van der Waals surface area contributed by atoms with Crippen LogP contribution < -0.4 is 5.32 Å². The maximum Gasteiger partial charge on any atom is 0.472 e. The van der Waals surface area contributed by atoms with Crippen molar-refractivity contribution in [3.05, 3.63) is 97.2 Å². The fourth-order valence-corrected chi connectivity index (χ4v) is 9.11. The second-order valence-electron chi connectivity index (χ2n) is 21.3. The second kappa shape index (κ2) is 54.2. The Hall–Kier alpha value is -2.58. The number of amides is 1. The molecule has 3 unspecified atom stereocenters. The summed E-state index contributed by atoms with van der Waals surface area (Å²) in [7, 11) is 1.56. The van der Waals surface area contributed by atoms with Gasteiger partial charge in [-0.2, -0.15) is 0 Å². The van der Waals surface area contributed by atoms with Crippen molar-refractivity contribution in [1.29, 1.82) is 0 Å². The Morgan fingerprint density at radius 2 is 0.822 bits per heavy atom. The summed E-state index contributed by atoms with van der Waals surface area (Å²) in [6.45, 7) is 4.71. The third kappa shape index (κ3) is 57.0. The van der Waals surface area contributed by atoms with E-state index >= 15 is 0 Å². The van der Waals surface area contributed by atoms with Gasteiger partial charge in [0.15, 0.2) is 0 Å². The van der Waals surface area contributed by atoms with Crippen LogP contribution in [0.4, 0.5) is 0 Å². The molecule has 0 aliphatic rings. The van der Waals surface area contributed by atoms with Gasteiger partial charge in [-0.05, 0) is 77.0 Å². The van der Waals surface area contributed by atoms with Crippen molar-refractivity contribution in [2.24, 2.45) is 0 Å². The molecule has 3 N–H and O–H groups in total. The molecule has 0 aromatic heterocycles. The van der Waals surface area contributed by atoms with Gasteiger partial charge >= 0.3 is 7.82 Å². The van der Waals surface area contributed by atoms with E-state index in [9.17, 15) is 19.4 Å². The molecule has 1 amide bonds. The first-order chi connectivity index (χ1) is 35.5. The monoisotopic (exact) mass is 1040 g/mol. The third-order valence-corrected chi connectivity index (χ3v) is 14.0. The van der Waals surface area contributed by atoms with Gasteiger partial charge in [-0.25, -0.2) is 4.57 Å². The van der Waals surface area contributed by atoms with Crippen LogP contribution >= 0.6 is 7.82 Å². The second-order valence-corrected chi connectivity index (χ2v) is 22.8. The number of allylic oxidation sites excluding steroid dienone is 15. The van der Waals surface area contributed by atoms with Gasteiger partial charge in [0.05, 0.1) is 39.9 Å². The van der Waals surface area contributed by atoms with Crippen molar-refractivity contribution in [1.82, 2.24) is 5.32 Å². The molecule has 0 aromatic carbocycles. The summed E-state index contributed by atoms with van der Waals surface area (Å²) in [4.78, 5) is 23.3. The lowest BCUT2D eigenvalue weighted by atomic mass is 10.0. The first kappa shape index (κ1) is 70.4. The van der Waals surface area contributed by atoms with Crippen molar-refractivity contribution >= 4 is 13.7 Å². The van der Waals surface area contributed by atoms with E-state index in [1.54, 1.807) is 6.08 Å². The Morgan fingerprint density at radius 1 is 0.479 bits per heavy atom. The van der Waals surface area contributed by atoms with Crippen LogP contribution in [0.3, 0.4) is 0 Å². The quantitative estimate of drug-likeness (QED) is 0.0243. The van der Waals surface area contributed by atoms with E-state index in [0.717, 1.165) is 89.9 Å². The number of hydrogen-bond acceptors (Lipinski definition) is 5. The molecule has 8 nitrogen and oxygen atoms in total. The van der Waals surface area contributed by atoms with Crippen LogP contribution in [-0.4, -0.2) is 73.4 Å². The van der Waals surface area contributed by atoms with E-state index in [2.05, 4.69) is 104 Å². The number of carbonyl (C=O) groups is 1. The molecule has 0 fully saturated rings. The molecule has 0 spiro atoms. The first-order valence-corrected chi connectivity index (χ1v) is 31.6. The molecule has 0 saturated heterocycles. The van der Waals surface area contributed by atoms with E-state index < -0.39 is 20.0 Å². The van der Waals surface area contributed by atoms with Crippen molar-refractivity contribution in [3.8, 4) is 0 Å².